The fourth-order valence-electron chi connectivity index (χ4n) is 4.11. The smallest absolute Gasteiger partial charge is 0.279 e. The Hall–Kier alpha value is -3.32. The zero-order chi connectivity index (χ0) is 21.8. The number of hydrogen-bond donors (Lipinski definition) is 2. The summed E-state index contributed by atoms with van der Waals surface area (Å²) < 4.78 is 7.12. The van der Waals surface area contributed by atoms with E-state index in [2.05, 4.69) is 27.4 Å². The average molecular weight is 421 g/mol. The summed E-state index contributed by atoms with van der Waals surface area (Å²) in [7, 11) is 1.68. The van der Waals surface area contributed by atoms with Crippen LogP contribution in [0.4, 0.5) is 11.4 Å². The van der Waals surface area contributed by atoms with Crippen LogP contribution in [0.3, 0.4) is 0 Å². The normalized spacial score (nSPS) is 14.5. The van der Waals surface area contributed by atoms with Gasteiger partial charge < -0.3 is 19.9 Å². The minimum absolute atomic E-state index is 0.0340. The fraction of sp³-hybridized carbons (Fsp3) is 0.333. The van der Waals surface area contributed by atoms with Gasteiger partial charge in [-0.3, -0.25) is 4.79 Å². The molecule has 7 nitrogen and oxygen atoms in total. The molecule has 2 N–H and O–H groups in total. The molecule has 0 saturated carbocycles. The van der Waals surface area contributed by atoms with Crippen molar-refractivity contribution in [2.45, 2.75) is 13.8 Å². The summed E-state index contributed by atoms with van der Waals surface area (Å²) >= 11 is 0. The second-order valence-electron chi connectivity index (χ2n) is 7.95. The summed E-state index contributed by atoms with van der Waals surface area (Å²) in [5, 5.41) is 7.72. The number of ether oxygens (including phenoxy) is 1. The fourth-order valence-corrected chi connectivity index (χ4v) is 4.11. The number of aromatic nitrogens is 2. The SMILES string of the molecule is COc1ccc(N2CC[NH+](CC(=O)Nc3c(C)nn(-c4ccccc4)c3C)CC2)cc1. The Kier molecular flexibility index (Phi) is 6.23. The van der Waals surface area contributed by atoms with Crippen molar-refractivity contribution in [1.29, 1.82) is 0 Å². The Morgan fingerprint density at radius 1 is 1.03 bits per heavy atom. The first-order valence-corrected chi connectivity index (χ1v) is 10.7. The van der Waals surface area contributed by atoms with Crippen molar-refractivity contribution in [3.63, 3.8) is 0 Å². The number of quaternary nitrogens is 1. The van der Waals surface area contributed by atoms with Gasteiger partial charge in [0.25, 0.3) is 5.91 Å². The van der Waals surface area contributed by atoms with E-state index < -0.39 is 0 Å². The minimum atomic E-state index is 0.0340. The number of para-hydroxylation sites is 1. The van der Waals surface area contributed by atoms with Gasteiger partial charge in [-0.25, -0.2) is 4.68 Å². The molecule has 7 heteroatoms. The monoisotopic (exact) mass is 420 g/mol. The van der Waals surface area contributed by atoms with Crippen LogP contribution in [0.2, 0.25) is 0 Å². The Morgan fingerprint density at radius 2 is 1.71 bits per heavy atom. The molecule has 2 aromatic carbocycles. The molecule has 1 amide bonds. The number of carbonyl (C=O) groups is 1. The van der Waals surface area contributed by atoms with Gasteiger partial charge in [0.15, 0.2) is 6.54 Å². The van der Waals surface area contributed by atoms with Crippen molar-refractivity contribution >= 4 is 17.3 Å². The highest BCUT2D eigenvalue weighted by molar-refractivity contribution is 5.92. The van der Waals surface area contributed by atoms with Crippen molar-refractivity contribution in [2.24, 2.45) is 0 Å². The van der Waals surface area contributed by atoms with E-state index in [9.17, 15) is 4.79 Å². The third-order valence-electron chi connectivity index (χ3n) is 5.88. The van der Waals surface area contributed by atoms with E-state index in [0.717, 1.165) is 54.7 Å². The van der Waals surface area contributed by atoms with Crippen LogP contribution in [0, 0.1) is 13.8 Å². The van der Waals surface area contributed by atoms with Crippen LogP contribution in [-0.2, 0) is 4.79 Å². The highest BCUT2D eigenvalue weighted by atomic mass is 16.5. The van der Waals surface area contributed by atoms with Crippen LogP contribution in [0.15, 0.2) is 54.6 Å². The molecular formula is C24H30N5O2+. The van der Waals surface area contributed by atoms with Crippen LogP contribution in [-0.4, -0.2) is 55.5 Å². The summed E-state index contributed by atoms with van der Waals surface area (Å²) in [6.45, 7) is 8.11. The van der Waals surface area contributed by atoms with E-state index in [4.69, 9.17) is 4.74 Å². The summed E-state index contributed by atoms with van der Waals surface area (Å²) in [6.07, 6.45) is 0. The number of amides is 1. The number of hydrogen-bond acceptors (Lipinski definition) is 4. The van der Waals surface area contributed by atoms with Gasteiger partial charge >= 0.3 is 0 Å². The molecule has 1 fully saturated rings. The molecule has 0 atom stereocenters. The molecule has 1 aliphatic heterocycles. The number of benzene rings is 2. The Bertz CT molecular complexity index is 1020. The first-order valence-electron chi connectivity index (χ1n) is 10.7. The van der Waals surface area contributed by atoms with Crippen molar-refractivity contribution in [3.05, 3.63) is 66.0 Å². The molecule has 0 spiro atoms. The van der Waals surface area contributed by atoms with Gasteiger partial charge in [-0.05, 0) is 50.2 Å². The number of nitrogens with one attached hydrogen (secondary N) is 2. The minimum Gasteiger partial charge on any atom is -0.497 e. The zero-order valence-corrected chi connectivity index (χ0v) is 18.4. The lowest BCUT2D eigenvalue weighted by Crippen LogP contribution is -3.15. The van der Waals surface area contributed by atoms with Crippen molar-refractivity contribution in [1.82, 2.24) is 9.78 Å². The van der Waals surface area contributed by atoms with Gasteiger partial charge in [0, 0.05) is 5.69 Å². The molecule has 0 unspecified atom stereocenters. The van der Waals surface area contributed by atoms with Gasteiger partial charge in [-0.15, -0.1) is 0 Å². The molecule has 1 saturated heterocycles. The van der Waals surface area contributed by atoms with Gasteiger partial charge in [0.2, 0.25) is 0 Å². The van der Waals surface area contributed by atoms with E-state index in [1.54, 1.807) is 7.11 Å². The number of methoxy groups -OCH3 is 1. The Morgan fingerprint density at radius 3 is 2.35 bits per heavy atom. The van der Waals surface area contributed by atoms with Gasteiger partial charge in [0.05, 0.1) is 56.1 Å². The summed E-state index contributed by atoms with van der Waals surface area (Å²) in [4.78, 5) is 16.4. The molecule has 3 aromatic rings. The Balaban J connectivity index is 1.33. The van der Waals surface area contributed by atoms with E-state index >= 15 is 0 Å². The lowest BCUT2D eigenvalue weighted by Gasteiger charge is -2.33. The average Bonchev–Trinajstić information content (AvgIpc) is 3.08. The van der Waals surface area contributed by atoms with Gasteiger partial charge in [-0.1, -0.05) is 18.2 Å². The lowest BCUT2D eigenvalue weighted by molar-refractivity contribution is -0.892. The first kappa shape index (κ1) is 20.9. The quantitative estimate of drug-likeness (QED) is 0.639. The van der Waals surface area contributed by atoms with Crippen LogP contribution in [0.5, 0.6) is 5.75 Å². The summed E-state index contributed by atoms with van der Waals surface area (Å²) in [5.74, 6) is 0.901. The molecular weight excluding hydrogens is 390 g/mol. The first-order chi connectivity index (χ1) is 15.0. The number of aryl methyl sites for hydroxylation is 1. The van der Waals surface area contributed by atoms with Gasteiger partial charge in [0.1, 0.15) is 5.75 Å². The standard InChI is InChI=1S/C24H29N5O2/c1-18-24(19(2)29(26-18)21-7-5-4-6-8-21)25-23(30)17-27-13-15-28(16-14-27)20-9-11-22(31-3)12-10-20/h4-12H,13-17H2,1-3H3,(H,25,30)/p+1. The second-order valence-corrected chi connectivity index (χ2v) is 7.95. The van der Waals surface area contributed by atoms with Crippen molar-refractivity contribution in [3.8, 4) is 11.4 Å². The van der Waals surface area contributed by atoms with Gasteiger partial charge in [-0.2, -0.15) is 5.10 Å². The molecule has 1 aliphatic rings. The van der Waals surface area contributed by atoms with Crippen LogP contribution >= 0.6 is 0 Å². The molecule has 0 aliphatic carbocycles. The maximum absolute atomic E-state index is 12.8. The lowest BCUT2D eigenvalue weighted by atomic mass is 10.2. The predicted octanol–water partition coefficient (Wildman–Crippen LogP) is 1.84. The highest BCUT2D eigenvalue weighted by Crippen LogP contribution is 2.22. The maximum Gasteiger partial charge on any atom is 0.279 e. The van der Waals surface area contributed by atoms with E-state index in [1.165, 1.54) is 10.6 Å². The largest absolute Gasteiger partial charge is 0.497 e. The van der Waals surface area contributed by atoms with E-state index in [1.807, 2.05) is 61.0 Å². The molecule has 31 heavy (non-hydrogen) atoms. The highest BCUT2D eigenvalue weighted by Gasteiger charge is 2.23. The van der Waals surface area contributed by atoms with Crippen molar-refractivity contribution in [2.75, 3.05) is 50.1 Å². The van der Waals surface area contributed by atoms with E-state index in [-0.39, 0.29) is 5.91 Å². The number of piperazine rings is 1. The number of nitrogens with zero attached hydrogens (tertiary/aromatic N) is 3. The zero-order valence-electron chi connectivity index (χ0n) is 18.4. The van der Waals surface area contributed by atoms with Crippen molar-refractivity contribution < 1.29 is 14.4 Å². The topological polar surface area (TPSA) is 63.8 Å². The van der Waals surface area contributed by atoms with Crippen LogP contribution in [0.1, 0.15) is 11.4 Å². The molecule has 2 heterocycles. The van der Waals surface area contributed by atoms with E-state index in [0.29, 0.717) is 6.54 Å². The Labute approximate surface area is 183 Å². The number of carbonyl (C=O) groups excluding carboxylic acids is 1. The third kappa shape index (κ3) is 4.72. The number of rotatable bonds is 6. The summed E-state index contributed by atoms with van der Waals surface area (Å²) in [5.41, 5.74) is 4.77. The third-order valence-corrected chi connectivity index (χ3v) is 5.88. The molecule has 0 bridgehead atoms. The molecule has 0 radical (unpaired) electrons. The number of anilines is 2. The molecule has 4 rings (SSSR count). The van der Waals surface area contributed by atoms with Crippen LogP contribution < -0.4 is 19.9 Å². The molecule has 1 aromatic heterocycles. The second kappa shape index (κ2) is 9.22. The summed E-state index contributed by atoms with van der Waals surface area (Å²) in [6, 6.07) is 18.1. The predicted molar refractivity (Wildman–Crippen MR) is 122 cm³/mol. The van der Waals surface area contributed by atoms with Crippen LogP contribution in [0.25, 0.3) is 5.69 Å². The maximum atomic E-state index is 12.8. The molecule has 162 valence electrons.